The van der Waals surface area contributed by atoms with E-state index in [1.807, 2.05) is 49.4 Å². The molecule has 5 heteroatoms. The molecule has 0 saturated carbocycles. The van der Waals surface area contributed by atoms with E-state index in [4.69, 9.17) is 21.1 Å². The summed E-state index contributed by atoms with van der Waals surface area (Å²) in [6.45, 7) is 2.71. The second-order valence-corrected chi connectivity index (χ2v) is 5.58. The van der Waals surface area contributed by atoms with Crippen molar-refractivity contribution in [3.8, 4) is 5.75 Å². The third kappa shape index (κ3) is 3.17. The maximum Gasteiger partial charge on any atom is 0.414 e. The molecule has 3 rings (SSSR count). The first kappa shape index (κ1) is 14.7. The minimum Gasteiger partial charge on any atom is -0.490 e. The summed E-state index contributed by atoms with van der Waals surface area (Å²) < 4.78 is 11.0. The number of hydrogen-bond donors (Lipinski definition) is 0. The Morgan fingerprint density at radius 2 is 2.05 bits per heavy atom. The van der Waals surface area contributed by atoms with E-state index in [1.54, 1.807) is 11.0 Å². The number of ether oxygens (including phenoxy) is 2. The third-order valence-corrected chi connectivity index (χ3v) is 3.93. The van der Waals surface area contributed by atoms with E-state index >= 15 is 0 Å². The highest BCUT2D eigenvalue weighted by atomic mass is 35.5. The van der Waals surface area contributed by atoms with Crippen molar-refractivity contribution in [1.29, 1.82) is 0 Å². The second kappa shape index (κ2) is 6.28. The van der Waals surface area contributed by atoms with E-state index in [2.05, 4.69) is 0 Å². The van der Waals surface area contributed by atoms with Crippen molar-refractivity contribution in [1.82, 2.24) is 0 Å². The first-order valence-electron chi connectivity index (χ1n) is 7.05. The third-order valence-electron chi connectivity index (χ3n) is 3.52. The van der Waals surface area contributed by atoms with Crippen LogP contribution in [0.25, 0.3) is 0 Å². The van der Waals surface area contributed by atoms with Crippen LogP contribution in [-0.2, 0) is 4.74 Å². The number of halogens is 1. The van der Waals surface area contributed by atoms with Crippen LogP contribution in [-0.4, -0.2) is 25.3 Å². The van der Waals surface area contributed by atoms with Gasteiger partial charge in [-0.15, -0.1) is 0 Å². The Morgan fingerprint density at radius 1 is 1.27 bits per heavy atom. The fourth-order valence-electron chi connectivity index (χ4n) is 2.28. The lowest BCUT2D eigenvalue weighted by Crippen LogP contribution is -2.26. The van der Waals surface area contributed by atoms with E-state index in [-0.39, 0.29) is 12.2 Å². The summed E-state index contributed by atoms with van der Waals surface area (Å²) in [5, 5.41) is 0.659. The van der Waals surface area contributed by atoms with Crippen LogP contribution in [0.2, 0.25) is 5.02 Å². The van der Waals surface area contributed by atoms with Gasteiger partial charge in [-0.1, -0.05) is 35.9 Å². The Balaban J connectivity index is 1.60. The smallest absolute Gasteiger partial charge is 0.414 e. The quantitative estimate of drug-likeness (QED) is 0.854. The molecule has 114 valence electrons. The number of amides is 1. The molecule has 2 aromatic rings. The molecule has 0 N–H and O–H groups in total. The van der Waals surface area contributed by atoms with Gasteiger partial charge in [-0.3, -0.25) is 4.90 Å². The lowest BCUT2D eigenvalue weighted by Gasteiger charge is -2.13. The molecule has 1 aliphatic heterocycles. The first-order chi connectivity index (χ1) is 10.6. The van der Waals surface area contributed by atoms with E-state index in [9.17, 15) is 4.79 Å². The topological polar surface area (TPSA) is 38.8 Å². The fourth-order valence-corrected chi connectivity index (χ4v) is 2.45. The molecule has 0 radical (unpaired) electrons. The SMILES string of the molecule is Cc1ccc(OCC2CN(c3ccccc3)C(=O)O2)cc1Cl. The number of nitrogens with zero attached hydrogens (tertiary/aromatic N) is 1. The summed E-state index contributed by atoms with van der Waals surface area (Å²) in [4.78, 5) is 13.5. The number of anilines is 1. The van der Waals surface area contributed by atoms with E-state index in [0.29, 0.717) is 23.9 Å². The molecule has 0 aliphatic carbocycles. The summed E-state index contributed by atoms with van der Waals surface area (Å²) in [6, 6.07) is 15.0. The molecule has 1 atom stereocenters. The lowest BCUT2D eigenvalue weighted by atomic mass is 10.2. The lowest BCUT2D eigenvalue weighted by molar-refractivity contribution is 0.105. The zero-order valence-electron chi connectivity index (χ0n) is 12.2. The van der Waals surface area contributed by atoms with Gasteiger partial charge < -0.3 is 9.47 Å². The Morgan fingerprint density at radius 3 is 2.77 bits per heavy atom. The molecule has 1 amide bonds. The van der Waals surface area contributed by atoms with Gasteiger partial charge in [0.05, 0.1) is 6.54 Å². The number of benzene rings is 2. The van der Waals surface area contributed by atoms with Crippen LogP contribution in [0.4, 0.5) is 10.5 Å². The number of carbonyl (C=O) groups excluding carboxylic acids is 1. The maximum absolute atomic E-state index is 11.9. The molecule has 0 aromatic heterocycles. The number of rotatable bonds is 4. The summed E-state index contributed by atoms with van der Waals surface area (Å²) in [5.74, 6) is 0.671. The highest BCUT2D eigenvalue weighted by Gasteiger charge is 2.32. The minimum absolute atomic E-state index is 0.298. The highest BCUT2D eigenvalue weighted by Crippen LogP contribution is 2.24. The summed E-state index contributed by atoms with van der Waals surface area (Å²) in [6.07, 6.45) is -0.644. The Labute approximate surface area is 134 Å². The van der Waals surface area contributed by atoms with Gasteiger partial charge in [-0.25, -0.2) is 4.79 Å². The van der Waals surface area contributed by atoms with Gasteiger partial charge in [0.25, 0.3) is 0 Å². The number of aryl methyl sites for hydroxylation is 1. The largest absolute Gasteiger partial charge is 0.490 e. The van der Waals surface area contributed by atoms with Crippen LogP contribution in [0, 0.1) is 6.92 Å². The van der Waals surface area contributed by atoms with Crippen molar-refractivity contribution in [2.24, 2.45) is 0 Å². The van der Waals surface area contributed by atoms with Crippen LogP contribution in [0.5, 0.6) is 5.75 Å². The average molecular weight is 318 g/mol. The molecule has 1 unspecified atom stereocenters. The summed E-state index contributed by atoms with van der Waals surface area (Å²) in [7, 11) is 0. The zero-order chi connectivity index (χ0) is 15.5. The monoisotopic (exact) mass is 317 g/mol. The molecular weight excluding hydrogens is 302 g/mol. The van der Waals surface area contributed by atoms with Gasteiger partial charge in [0.1, 0.15) is 12.4 Å². The predicted molar refractivity (Wildman–Crippen MR) is 85.7 cm³/mol. The van der Waals surface area contributed by atoms with Crippen molar-refractivity contribution in [3.63, 3.8) is 0 Å². The number of cyclic esters (lactones) is 1. The van der Waals surface area contributed by atoms with Gasteiger partial charge in [0.2, 0.25) is 0 Å². The zero-order valence-corrected chi connectivity index (χ0v) is 12.9. The van der Waals surface area contributed by atoms with Crippen LogP contribution in [0.1, 0.15) is 5.56 Å². The van der Waals surface area contributed by atoms with E-state index in [1.165, 1.54) is 0 Å². The summed E-state index contributed by atoms with van der Waals surface area (Å²) in [5.41, 5.74) is 1.82. The van der Waals surface area contributed by atoms with Gasteiger partial charge in [0.15, 0.2) is 6.10 Å². The van der Waals surface area contributed by atoms with Crippen LogP contribution in [0.15, 0.2) is 48.5 Å². The molecule has 22 heavy (non-hydrogen) atoms. The van der Waals surface area contributed by atoms with Crippen molar-refractivity contribution < 1.29 is 14.3 Å². The molecule has 0 bridgehead atoms. The van der Waals surface area contributed by atoms with Gasteiger partial charge in [0, 0.05) is 10.7 Å². The number of hydrogen-bond acceptors (Lipinski definition) is 3. The van der Waals surface area contributed by atoms with Crippen molar-refractivity contribution in [2.45, 2.75) is 13.0 Å². The minimum atomic E-state index is -0.346. The second-order valence-electron chi connectivity index (χ2n) is 5.17. The molecular formula is C17H16ClNO3. The normalized spacial score (nSPS) is 17.5. The molecule has 1 heterocycles. The number of carbonyl (C=O) groups is 1. The van der Waals surface area contributed by atoms with Gasteiger partial charge >= 0.3 is 6.09 Å². The first-order valence-corrected chi connectivity index (χ1v) is 7.43. The standard InChI is InChI=1S/C17H16ClNO3/c1-12-7-8-14(9-16(12)18)21-11-15-10-19(17(20)22-15)13-5-3-2-4-6-13/h2-9,15H,10-11H2,1H3. The molecule has 1 aliphatic rings. The molecule has 4 nitrogen and oxygen atoms in total. The van der Waals surface area contributed by atoms with Crippen molar-refractivity contribution in [2.75, 3.05) is 18.1 Å². The van der Waals surface area contributed by atoms with Crippen LogP contribution >= 0.6 is 11.6 Å². The highest BCUT2D eigenvalue weighted by molar-refractivity contribution is 6.31. The van der Waals surface area contributed by atoms with Crippen LogP contribution < -0.4 is 9.64 Å². The Hall–Kier alpha value is -2.20. The molecule has 1 fully saturated rings. The van der Waals surface area contributed by atoms with Gasteiger partial charge in [-0.05, 0) is 36.8 Å². The van der Waals surface area contributed by atoms with Crippen molar-refractivity contribution >= 4 is 23.4 Å². The Kier molecular flexibility index (Phi) is 4.20. The van der Waals surface area contributed by atoms with E-state index in [0.717, 1.165) is 11.3 Å². The van der Waals surface area contributed by atoms with Crippen molar-refractivity contribution in [3.05, 3.63) is 59.1 Å². The van der Waals surface area contributed by atoms with Crippen LogP contribution in [0.3, 0.4) is 0 Å². The number of para-hydroxylation sites is 1. The maximum atomic E-state index is 11.9. The van der Waals surface area contributed by atoms with Gasteiger partial charge in [-0.2, -0.15) is 0 Å². The predicted octanol–water partition coefficient (Wildman–Crippen LogP) is 4.05. The fraction of sp³-hybridized carbons (Fsp3) is 0.235. The van der Waals surface area contributed by atoms with E-state index < -0.39 is 0 Å². The molecule has 0 spiro atoms. The Bertz CT molecular complexity index is 675. The molecule has 2 aromatic carbocycles. The summed E-state index contributed by atoms with van der Waals surface area (Å²) >= 11 is 6.06. The molecule has 1 saturated heterocycles. The average Bonchev–Trinajstić information content (AvgIpc) is 2.90.